The maximum atomic E-state index is 10.4. The van der Waals surface area contributed by atoms with Gasteiger partial charge in [-0.1, -0.05) is 0 Å². The van der Waals surface area contributed by atoms with E-state index in [2.05, 4.69) is 6.08 Å². The quantitative estimate of drug-likeness (QED) is 0.498. The van der Waals surface area contributed by atoms with Crippen LogP contribution in [0, 0.1) is 6.08 Å². The first-order valence-electron chi connectivity index (χ1n) is 2.56. The average molecular weight is 120 g/mol. The Bertz CT molecular complexity index is 211. The molecule has 0 radical (unpaired) electrons. The molecule has 44 valence electrons. The van der Waals surface area contributed by atoms with E-state index in [-0.39, 0.29) is 0 Å². The molecular formula is C7H6NO+. The summed E-state index contributed by atoms with van der Waals surface area (Å²) in [7, 11) is 0. The number of rotatable bonds is 1. The van der Waals surface area contributed by atoms with Crippen LogP contribution >= 0.6 is 0 Å². The first kappa shape index (κ1) is 5.73. The van der Waals surface area contributed by atoms with Gasteiger partial charge in [-0.3, -0.25) is 4.79 Å². The van der Waals surface area contributed by atoms with Crippen LogP contribution < -0.4 is 5.73 Å². The fraction of sp³-hybridized carbons (Fsp3) is 0. The van der Waals surface area contributed by atoms with Crippen LogP contribution in [0.4, 0.5) is 0 Å². The molecule has 0 unspecified atom stereocenters. The van der Waals surface area contributed by atoms with E-state index in [0.717, 1.165) is 0 Å². The molecule has 0 spiro atoms. The summed E-state index contributed by atoms with van der Waals surface area (Å²) in [4.78, 5) is 10.4. The summed E-state index contributed by atoms with van der Waals surface area (Å²) in [5.41, 5.74) is 5.45. The zero-order chi connectivity index (χ0) is 6.69. The van der Waals surface area contributed by atoms with Crippen molar-refractivity contribution >= 4 is 5.91 Å². The highest BCUT2D eigenvalue weighted by Crippen LogP contribution is 2.00. The minimum absolute atomic E-state index is 0.410. The summed E-state index contributed by atoms with van der Waals surface area (Å²) < 4.78 is 0. The van der Waals surface area contributed by atoms with Gasteiger partial charge in [0.25, 0.3) is 0 Å². The Balaban J connectivity index is 2.84. The fourth-order valence-electron chi connectivity index (χ4n) is 0.547. The van der Waals surface area contributed by atoms with Gasteiger partial charge in [-0.2, -0.15) is 0 Å². The SMILES string of the molecule is NC(=O)C1=CC=C[C+]=C1. The molecule has 0 aromatic carbocycles. The van der Waals surface area contributed by atoms with Crippen molar-refractivity contribution in [1.29, 1.82) is 0 Å². The molecule has 2 heteroatoms. The van der Waals surface area contributed by atoms with E-state index < -0.39 is 5.91 Å². The average Bonchev–Trinajstić information content (AvgIpc) is 1.90. The molecule has 2 N–H and O–H groups in total. The minimum Gasteiger partial charge on any atom is -0.354 e. The molecular weight excluding hydrogens is 114 g/mol. The number of hydrogen-bond acceptors (Lipinski definition) is 1. The van der Waals surface area contributed by atoms with E-state index in [1.54, 1.807) is 24.3 Å². The minimum atomic E-state index is -0.410. The van der Waals surface area contributed by atoms with Crippen LogP contribution in [0.15, 0.2) is 29.9 Å². The molecule has 0 saturated carbocycles. The Kier molecular flexibility index (Phi) is 1.43. The summed E-state index contributed by atoms with van der Waals surface area (Å²) in [6.07, 6.45) is 9.39. The predicted molar refractivity (Wildman–Crippen MR) is 34.2 cm³/mol. The Hall–Kier alpha value is -1.40. The molecule has 2 nitrogen and oxygen atoms in total. The van der Waals surface area contributed by atoms with Crippen LogP contribution in [0.3, 0.4) is 0 Å². The first-order valence-corrected chi connectivity index (χ1v) is 2.56. The van der Waals surface area contributed by atoms with Crippen molar-refractivity contribution in [2.45, 2.75) is 0 Å². The van der Waals surface area contributed by atoms with Crippen molar-refractivity contribution in [2.24, 2.45) is 5.73 Å². The number of primary amides is 1. The van der Waals surface area contributed by atoms with Crippen molar-refractivity contribution in [3.63, 3.8) is 0 Å². The zero-order valence-corrected chi connectivity index (χ0v) is 4.79. The Morgan fingerprint density at radius 3 is 2.78 bits per heavy atom. The maximum Gasteiger partial charge on any atom is 0.306 e. The summed E-state index contributed by atoms with van der Waals surface area (Å²) in [6, 6.07) is 0. The van der Waals surface area contributed by atoms with Gasteiger partial charge in [0.15, 0.2) is 5.57 Å². The molecule has 1 aliphatic rings. The number of amides is 1. The van der Waals surface area contributed by atoms with E-state index in [1.807, 2.05) is 0 Å². The van der Waals surface area contributed by atoms with E-state index >= 15 is 0 Å². The van der Waals surface area contributed by atoms with Gasteiger partial charge in [-0.05, 0) is 0 Å². The second-order valence-electron chi connectivity index (χ2n) is 1.66. The third kappa shape index (κ3) is 1.24. The molecule has 1 rings (SSSR count). The molecule has 1 amide bonds. The Morgan fingerprint density at radius 1 is 1.67 bits per heavy atom. The summed E-state index contributed by atoms with van der Waals surface area (Å²) in [5, 5.41) is 0. The van der Waals surface area contributed by atoms with Crippen LogP contribution in [-0.4, -0.2) is 5.91 Å². The highest BCUT2D eigenvalue weighted by atomic mass is 16.1. The lowest BCUT2D eigenvalue weighted by Crippen LogP contribution is -2.12. The fourth-order valence-corrected chi connectivity index (χ4v) is 0.547. The monoisotopic (exact) mass is 120 g/mol. The van der Waals surface area contributed by atoms with E-state index in [0.29, 0.717) is 5.57 Å². The molecule has 1 aliphatic carbocycles. The Morgan fingerprint density at radius 2 is 2.44 bits per heavy atom. The lowest BCUT2D eigenvalue weighted by molar-refractivity contribution is -0.114. The van der Waals surface area contributed by atoms with Crippen molar-refractivity contribution in [1.82, 2.24) is 0 Å². The topological polar surface area (TPSA) is 43.1 Å². The molecule has 0 aromatic rings. The van der Waals surface area contributed by atoms with Gasteiger partial charge in [0, 0.05) is 12.2 Å². The number of allylic oxidation sites excluding steroid dienone is 4. The van der Waals surface area contributed by atoms with Crippen molar-refractivity contribution in [3.05, 3.63) is 36.0 Å². The van der Waals surface area contributed by atoms with Gasteiger partial charge in [0.1, 0.15) is 12.2 Å². The van der Waals surface area contributed by atoms with Crippen molar-refractivity contribution < 1.29 is 4.79 Å². The van der Waals surface area contributed by atoms with Crippen LogP contribution in [-0.2, 0) is 4.79 Å². The van der Waals surface area contributed by atoms with Crippen molar-refractivity contribution in [2.75, 3.05) is 0 Å². The van der Waals surface area contributed by atoms with Gasteiger partial charge in [-0.15, -0.1) is 0 Å². The van der Waals surface area contributed by atoms with E-state index in [1.165, 1.54) is 0 Å². The molecule has 0 aromatic heterocycles. The smallest absolute Gasteiger partial charge is 0.306 e. The van der Waals surface area contributed by atoms with E-state index in [9.17, 15) is 4.79 Å². The number of hydrogen-bond donors (Lipinski definition) is 1. The molecule has 0 bridgehead atoms. The molecule has 0 aliphatic heterocycles. The highest BCUT2D eigenvalue weighted by Gasteiger charge is 2.08. The third-order valence-electron chi connectivity index (χ3n) is 0.992. The van der Waals surface area contributed by atoms with Gasteiger partial charge in [0.05, 0.1) is 6.08 Å². The van der Waals surface area contributed by atoms with Gasteiger partial charge >= 0.3 is 5.91 Å². The van der Waals surface area contributed by atoms with Crippen LogP contribution in [0.2, 0.25) is 0 Å². The summed E-state index contributed by atoms with van der Waals surface area (Å²) in [6.45, 7) is 0. The van der Waals surface area contributed by atoms with Crippen LogP contribution in [0.25, 0.3) is 0 Å². The second-order valence-corrected chi connectivity index (χ2v) is 1.66. The maximum absolute atomic E-state index is 10.4. The molecule has 0 atom stereocenters. The lowest BCUT2D eigenvalue weighted by Gasteiger charge is -1.84. The van der Waals surface area contributed by atoms with Gasteiger partial charge < -0.3 is 5.73 Å². The highest BCUT2D eigenvalue weighted by molar-refractivity contribution is 5.95. The molecule has 9 heavy (non-hydrogen) atoms. The van der Waals surface area contributed by atoms with Crippen LogP contribution in [0.1, 0.15) is 0 Å². The Labute approximate surface area is 53.4 Å². The largest absolute Gasteiger partial charge is 0.354 e. The van der Waals surface area contributed by atoms with Gasteiger partial charge in [0.2, 0.25) is 0 Å². The molecule has 0 saturated heterocycles. The lowest BCUT2D eigenvalue weighted by atomic mass is 10.1. The number of carbonyl (C=O) groups is 1. The molecule has 0 fully saturated rings. The zero-order valence-electron chi connectivity index (χ0n) is 4.79. The standard InChI is InChI=1S/C7H5NO/c8-7(9)6-4-2-1-3-5-6/h1-2,4-5H,(H-,8,9)/p+1. The van der Waals surface area contributed by atoms with Crippen molar-refractivity contribution in [3.8, 4) is 0 Å². The van der Waals surface area contributed by atoms with E-state index in [4.69, 9.17) is 5.73 Å². The van der Waals surface area contributed by atoms with Crippen LogP contribution in [0.5, 0.6) is 0 Å². The number of nitrogens with two attached hydrogens (primary N) is 1. The first-order chi connectivity index (χ1) is 4.30. The molecule has 0 heterocycles. The summed E-state index contributed by atoms with van der Waals surface area (Å²) in [5.74, 6) is -0.410. The normalized spacial score (nSPS) is 14.4. The van der Waals surface area contributed by atoms with Gasteiger partial charge in [-0.25, -0.2) is 0 Å². The second kappa shape index (κ2) is 2.25. The predicted octanol–water partition coefficient (Wildman–Crippen LogP) is 0.327. The number of carbonyl (C=O) groups excluding carboxylic acids is 1. The summed E-state index contributed by atoms with van der Waals surface area (Å²) >= 11 is 0. The third-order valence-corrected chi connectivity index (χ3v) is 0.992.